The first-order valence-corrected chi connectivity index (χ1v) is 6.81. The number of amides is 1. The van der Waals surface area contributed by atoms with Gasteiger partial charge in [0.05, 0.1) is 5.56 Å². The molecule has 2 aromatic rings. The van der Waals surface area contributed by atoms with Crippen molar-refractivity contribution in [2.45, 2.75) is 6.54 Å². The second-order valence-corrected chi connectivity index (χ2v) is 4.90. The Morgan fingerprint density at radius 1 is 1.32 bits per heavy atom. The second-order valence-electron chi connectivity index (χ2n) is 4.90. The topological polar surface area (TPSA) is 95.4 Å². The molecule has 0 saturated heterocycles. The SMILES string of the molecule is O=C(O)c1ccc2c(c1)C(=O)N(CCNc1ncccn1)C2. The lowest BCUT2D eigenvalue weighted by Crippen LogP contribution is -2.29. The average Bonchev–Trinajstić information content (AvgIpc) is 2.84. The molecule has 2 heterocycles. The Balaban J connectivity index is 1.63. The monoisotopic (exact) mass is 298 g/mol. The molecule has 1 amide bonds. The normalized spacial score (nSPS) is 13.1. The zero-order valence-electron chi connectivity index (χ0n) is 11.7. The number of nitrogens with zero attached hydrogens (tertiary/aromatic N) is 3. The maximum absolute atomic E-state index is 12.3. The molecule has 0 fully saturated rings. The molecular formula is C15H14N4O3. The predicted molar refractivity (Wildman–Crippen MR) is 78.7 cm³/mol. The van der Waals surface area contributed by atoms with E-state index in [2.05, 4.69) is 15.3 Å². The van der Waals surface area contributed by atoms with Crippen LogP contribution in [0.5, 0.6) is 0 Å². The maximum atomic E-state index is 12.3. The summed E-state index contributed by atoms with van der Waals surface area (Å²) in [6.07, 6.45) is 3.28. The van der Waals surface area contributed by atoms with Crippen LogP contribution in [-0.2, 0) is 6.54 Å². The van der Waals surface area contributed by atoms with E-state index in [4.69, 9.17) is 5.11 Å². The summed E-state index contributed by atoms with van der Waals surface area (Å²) in [4.78, 5) is 33.0. The summed E-state index contributed by atoms with van der Waals surface area (Å²) in [5.74, 6) is -0.661. The van der Waals surface area contributed by atoms with Gasteiger partial charge in [-0.2, -0.15) is 0 Å². The molecule has 1 aromatic heterocycles. The lowest BCUT2D eigenvalue weighted by molar-refractivity contribution is 0.0697. The third-order valence-corrected chi connectivity index (χ3v) is 3.47. The molecule has 1 aliphatic heterocycles. The molecule has 1 aromatic carbocycles. The smallest absolute Gasteiger partial charge is 0.335 e. The Bertz CT molecular complexity index is 718. The number of anilines is 1. The van der Waals surface area contributed by atoms with Gasteiger partial charge >= 0.3 is 5.97 Å². The number of hydrogen-bond donors (Lipinski definition) is 2. The Morgan fingerprint density at radius 2 is 2.09 bits per heavy atom. The fourth-order valence-corrected chi connectivity index (χ4v) is 2.37. The van der Waals surface area contributed by atoms with Crippen LogP contribution >= 0.6 is 0 Å². The predicted octanol–water partition coefficient (Wildman–Crippen LogP) is 1.24. The highest BCUT2D eigenvalue weighted by atomic mass is 16.4. The van der Waals surface area contributed by atoms with Gasteiger partial charge in [0.2, 0.25) is 5.95 Å². The van der Waals surface area contributed by atoms with Crippen LogP contribution in [-0.4, -0.2) is 44.9 Å². The molecule has 7 heteroatoms. The van der Waals surface area contributed by atoms with Crippen LogP contribution in [0.15, 0.2) is 36.7 Å². The van der Waals surface area contributed by atoms with E-state index in [1.54, 1.807) is 29.4 Å². The third-order valence-electron chi connectivity index (χ3n) is 3.47. The van der Waals surface area contributed by atoms with Crippen molar-refractivity contribution in [3.63, 3.8) is 0 Å². The van der Waals surface area contributed by atoms with E-state index < -0.39 is 5.97 Å². The van der Waals surface area contributed by atoms with Gasteiger partial charge in [0.15, 0.2) is 0 Å². The Hall–Kier alpha value is -2.96. The van der Waals surface area contributed by atoms with E-state index in [1.165, 1.54) is 12.1 Å². The van der Waals surface area contributed by atoms with Gasteiger partial charge in [0.25, 0.3) is 5.91 Å². The third kappa shape index (κ3) is 2.73. The van der Waals surface area contributed by atoms with E-state index in [-0.39, 0.29) is 11.5 Å². The minimum absolute atomic E-state index is 0.129. The molecule has 1 aliphatic rings. The summed E-state index contributed by atoms with van der Waals surface area (Å²) in [5.41, 5.74) is 1.45. The minimum Gasteiger partial charge on any atom is -0.478 e. The van der Waals surface area contributed by atoms with Crippen molar-refractivity contribution in [3.05, 3.63) is 53.3 Å². The van der Waals surface area contributed by atoms with Crippen molar-refractivity contribution in [1.29, 1.82) is 0 Å². The van der Waals surface area contributed by atoms with Crippen LogP contribution in [0, 0.1) is 0 Å². The number of fused-ring (bicyclic) bond motifs is 1. The molecule has 0 aliphatic carbocycles. The van der Waals surface area contributed by atoms with Gasteiger partial charge in [0.1, 0.15) is 0 Å². The highest BCUT2D eigenvalue weighted by molar-refractivity contribution is 6.00. The van der Waals surface area contributed by atoms with E-state index in [0.717, 1.165) is 5.56 Å². The van der Waals surface area contributed by atoms with Crippen LogP contribution in [0.4, 0.5) is 5.95 Å². The fraction of sp³-hybridized carbons (Fsp3) is 0.200. The molecule has 0 bridgehead atoms. The summed E-state index contributed by atoms with van der Waals surface area (Å²) in [5, 5.41) is 12.0. The molecular weight excluding hydrogens is 284 g/mol. The number of nitrogens with one attached hydrogen (secondary N) is 1. The van der Waals surface area contributed by atoms with Crippen molar-refractivity contribution in [1.82, 2.24) is 14.9 Å². The summed E-state index contributed by atoms with van der Waals surface area (Å²) in [6.45, 7) is 1.51. The van der Waals surface area contributed by atoms with Crippen molar-refractivity contribution >= 4 is 17.8 Å². The summed E-state index contributed by atoms with van der Waals surface area (Å²) in [6, 6.07) is 6.39. The Morgan fingerprint density at radius 3 is 2.82 bits per heavy atom. The molecule has 0 spiro atoms. The van der Waals surface area contributed by atoms with Gasteiger partial charge in [-0.25, -0.2) is 14.8 Å². The summed E-state index contributed by atoms with van der Waals surface area (Å²) >= 11 is 0. The zero-order chi connectivity index (χ0) is 15.5. The van der Waals surface area contributed by atoms with Crippen molar-refractivity contribution < 1.29 is 14.7 Å². The van der Waals surface area contributed by atoms with Crippen LogP contribution in [0.3, 0.4) is 0 Å². The first-order chi connectivity index (χ1) is 10.6. The first kappa shape index (κ1) is 14.0. The maximum Gasteiger partial charge on any atom is 0.335 e. The number of benzene rings is 1. The Kier molecular flexibility index (Phi) is 3.69. The van der Waals surface area contributed by atoms with E-state index in [1.807, 2.05) is 0 Å². The van der Waals surface area contributed by atoms with E-state index in [0.29, 0.717) is 31.1 Å². The molecule has 3 rings (SSSR count). The van der Waals surface area contributed by atoms with Crippen LogP contribution < -0.4 is 5.32 Å². The van der Waals surface area contributed by atoms with Gasteiger partial charge in [-0.3, -0.25) is 4.79 Å². The number of aromatic carboxylic acids is 1. The zero-order valence-corrected chi connectivity index (χ0v) is 11.7. The van der Waals surface area contributed by atoms with Crippen molar-refractivity contribution in [2.75, 3.05) is 18.4 Å². The van der Waals surface area contributed by atoms with Gasteiger partial charge in [-0.1, -0.05) is 6.07 Å². The number of carbonyl (C=O) groups excluding carboxylic acids is 1. The molecule has 0 saturated carbocycles. The van der Waals surface area contributed by atoms with Gasteiger partial charge in [-0.15, -0.1) is 0 Å². The average molecular weight is 298 g/mol. The molecule has 112 valence electrons. The van der Waals surface area contributed by atoms with Crippen molar-refractivity contribution in [3.8, 4) is 0 Å². The van der Waals surface area contributed by atoms with Crippen molar-refractivity contribution in [2.24, 2.45) is 0 Å². The number of carbonyl (C=O) groups is 2. The summed E-state index contributed by atoms with van der Waals surface area (Å²) in [7, 11) is 0. The van der Waals surface area contributed by atoms with Gasteiger partial charge < -0.3 is 15.3 Å². The Labute approximate surface area is 126 Å². The largest absolute Gasteiger partial charge is 0.478 e. The molecule has 0 radical (unpaired) electrons. The molecule has 2 N–H and O–H groups in total. The van der Waals surface area contributed by atoms with Crippen LogP contribution in [0.1, 0.15) is 26.3 Å². The van der Waals surface area contributed by atoms with E-state index in [9.17, 15) is 9.59 Å². The molecule has 7 nitrogen and oxygen atoms in total. The lowest BCUT2D eigenvalue weighted by Gasteiger charge is -2.15. The lowest BCUT2D eigenvalue weighted by atomic mass is 10.1. The standard InChI is InChI=1S/C15H14N4O3/c20-13-12-8-10(14(21)22)2-3-11(12)9-19(13)7-6-18-15-16-4-1-5-17-15/h1-5,8H,6-7,9H2,(H,21,22)(H,16,17,18). The number of hydrogen-bond acceptors (Lipinski definition) is 5. The van der Waals surface area contributed by atoms with Crippen LogP contribution in [0.25, 0.3) is 0 Å². The van der Waals surface area contributed by atoms with Gasteiger partial charge in [-0.05, 0) is 23.8 Å². The highest BCUT2D eigenvalue weighted by Gasteiger charge is 2.27. The number of aromatic nitrogens is 2. The van der Waals surface area contributed by atoms with Gasteiger partial charge in [0, 0.05) is 37.6 Å². The molecule has 0 atom stereocenters. The van der Waals surface area contributed by atoms with E-state index >= 15 is 0 Å². The second kappa shape index (κ2) is 5.80. The molecule has 22 heavy (non-hydrogen) atoms. The molecule has 0 unspecified atom stereocenters. The van der Waals surface area contributed by atoms with Crippen LogP contribution in [0.2, 0.25) is 0 Å². The fourth-order valence-electron chi connectivity index (χ4n) is 2.37. The first-order valence-electron chi connectivity index (χ1n) is 6.81. The number of rotatable bonds is 5. The summed E-state index contributed by atoms with van der Waals surface area (Å²) < 4.78 is 0. The number of carboxylic acids is 1. The quantitative estimate of drug-likeness (QED) is 0.862. The number of carboxylic acid groups (broad SMARTS) is 1. The minimum atomic E-state index is -1.03. The highest BCUT2D eigenvalue weighted by Crippen LogP contribution is 2.23.